The largest absolute Gasteiger partial charge is 0.481 e. The highest BCUT2D eigenvalue weighted by atomic mass is 16.4. The molecule has 1 aromatic heterocycles. The maximum atomic E-state index is 12.3. The van der Waals surface area contributed by atoms with Crippen LogP contribution in [0.2, 0.25) is 0 Å². The first-order valence-corrected chi connectivity index (χ1v) is 7.34. The fourth-order valence-electron chi connectivity index (χ4n) is 3.29. The van der Waals surface area contributed by atoms with Gasteiger partial charge in [-0.3, -0.25) is 4.79 Å². The van der Waals surface area contributed by atoms with Gasteiger partial charge in [0.05, 0.1) is 24.3 Å². The first-order chi connectivity index (χ1) is 10.1. The normalized spacial score (nSPS) is 22.1. The van der Waals surface area contributed by atoms with Crippen LogP contribution in [0.3, 0.4) is 0 Å². The molecular formula is C14H20N4O3. The Balaban J connectivity index is 1.76. The SMILES string of the molecule is Cn1cnc2c1C(C(=O)O)CN(C(=O)NC1CCCC1)C2. The minimum absolute atomic E-state index is 0.176. The second-order valence-corrected chi connectivity index (χ2v) is 5.89. The van der Waals surface area contributed by atoms with Crippen molar-refractivity contribution in [2.75, 3.05) is 6.54 Å². The second kappa shape index (κ2) is 5.38. The Morgan fingerprint density at radius 2 is 2.10 bits per heavy atom. The Bertz CT molecular complexity index is 563. The van der Waals surface area contributed by atoms with Crippen LogP contribution in [0.15, 0.2) is 6.33 Å². The number of nitrogens with zero attached hydrogens (tertiary/aromatic N) is 3. The molecule has 7 heteroatoms. The van der Waals surface area contributed by atoms with Crippen molar-refractivity contribution in [2.24, 2.45) is 7.05 Å². The molecule has 0 bridgehead atoms. The van der Waals surface area contributed by atoms with E-state index in [1.54, 1.807) is 22.8 Å². The molecule has 0 spiro atoms. The summed E-state index contributed by atoms with van der Waals surface area (Å²) >= 11 is 0. The summed E-state index contributed by atoms with van der Waals surface area (Å²) in [6.07, 6.45) is 5.92. The average Bonchev–Trinajstić information content (AvgIpc) is 3.08. The molecule has 114 valence electrons. The number of aliphatic carboxylic acids is 1. The first-order valence-electron chi connectivity index (χ1n) is 7.34. The monoisotopic (exact) mass is 292 g/mol. The molecule has 1 aliphatic heterocycles. The van der Waals surface area contributed by atoms with Crippen molar-refractivity contribution in [3.63, 3.8) is 0 Å². The average molecular weight is 292 g/mol. The lowest BCUT2D eigenvalue weighted by atomic mass is 9.98. The molecule has 1 unspecified atom stereocenters. The van der Waals surface area contributed by atoms with E-state index in [1.165, 1.54) is 0 Å². The van der Waals surface area contributed by atoms with Gasteiger partial charge in [-0.2, -0.15) is 0 Å². The third-order valence-electron chi connectivity index (χ3n) is 4.40. The number of rotatable bonds is 2. The molecule has 7 nitrogen and oxygen atoms in total. The van der Waals surface area contributed by atoms with Crippen LogP contribution < -0.4 is 5.32 Å². The number of fused-ring (bicyclic) bond motifs is 1. The third kappa shape index (κ3) is 2.59. The first kappa shape index (κ1) is 13.9. The number of nitrogens with one attached hydrogen (secondary N) is 1. The third-order valence-corrected chi connectivity index (χ3v) is 4.40. The van der Waals surface area contributed by atoms with Crippen molar-refractivity contribution >= 4 is 12.0 Å². The highest BCUT2D eigenvalue weighted by molar-refractivity contribution is 5.80. The Morgan fingerprint density at radius 1 is 1.38 bits per heavy atom. The number of imidazole rings is 1. The summed E-state index contributed by atoms with van der Waals surface area (Å²) in [6, 6.07) is 0.0513. The summed E-state index contributed by atoms with van der Waals surface area (Å²) in [5.74, 6) is -1.63. The number of amides is 2. The summed E-state index contributed by atoms with van der Waals surface area (Å²) in [4.78, 5) is 29.6. The summed E-state index contributed by atoms with van der Waals surface area (Å²) in [5.41, 5.74) is 1.38. The molecule has 0 saturated heterocycles. The minimum atomic E-state index is -0.918. The Labute approximate surface area is 122 Å². The van der Waals surface area contributed by atoms with Gasteiger partial charge in [0.1, 0.15) is 5.92 Å². The number of urea groups is 1. The van der Waals surface area contributed by atoms with Crippen LogP contribution in [0.1, 0.15) is 43.0 Å². The summed E-state index contributed by atoms with van der Waals surface area (Å²) in [7, 11) is 1.79. The summed E-state index contributed by atoms with van der Waals surface area (Å²) < 4.78 is 1.74. The zero-order chi connectivity index (χ0) is 15.0. The second-order valence-electron chi connectivity index (χ2n) is 5.89. The van der Waals surface area contributed by atoms with Gasteiger partial charge in [0.2, 0.25) is 0 Å². The molecule has 2 aliphatic rings. The molecule has 2 heterocycles. The molecule has 2 N–H and O–H groups in total. The van der Waals surface area contributed by atoms with Gasteiger partial charge in [-0.1, -0.05) is 12.8 Å². The van der Waals surface area contributed by atoms with E-state index in [1.807, 2.05) is 0 Å². The standard InChI is InChI=1S/C14H20N4O3/c1-17-8-15-11-7-18(6-10(12(11)17)13(19)20)14(21)16-9-4-2-3-5-9/h8-10H,2-7H2,1H3,(H,16,21)(H,19,20). The lowest BCUT2D eigenvalue weighted by Gasteiger charge is -2.31. The zero-order valence-corrected chi connectivity index (χ0v) is 12.1. The number of carbonyl (C=O) groups is 2. The fraction of sp³-hybridized carbons (Fsp3) is 0.643. The van der Waals surface area contributed by atoms with Crippen LogP contribution in [0.5, 0.6) is 0 Å². The van der Waals surface area contributed by atoms with Gasteiger partial charge in [0, 0.05) is 19.6 Å². The molecule has 1 aromatic rings. The van der Waals surface area contributed by atoms with E-state index in [4.69, 9.17) is 0 Å². The number of carboxylic acids is 1. The molecule has 1 atom stereocenters. The van der Waals surface area contributed by atoms with Crippen molar-refractivity contribution in [1.29, 1.82) is 0 Å². The van der Waals surface area contributed by atoms with E-state index in [2.05, 4.69) is 10.3 Å². The van der Waals surface area contributed by atoms with Crippen molar-refractivity contribution in [3.05, 3.63) is 17.7 Å². The number of carbonyl (C=O) groups excluding carboxylic acids is 1. The molecule has 0 aromatic carbocycles. The van der Waals surface area contributed by atoms with Crippen LogP contribution in [-0.2, 0) is 18.4 Å². The molecule has 0 radical (unpaired) electrons. The van der Waals surface area contributed by atoms with Crippen molar-refractivity contribution in [3.8, 4) is 0 Å². The zero-order valence-electron chi connectivity index (χ0n) is 12.1. The smallest absolute Gasteiger partial charge is 0.318 e. The highest BCUT2D eigenvalue weighted by Crippen LogP contribution is 2.28. The van der Waals surface area contributed by atoms with Gasteiger partial charge in [0.15, 0.2) is 0 Å². The van der Waals surface area contributed by atoms with E-state index < -0.39 is 11.9 Å². The van der Waals surface area contributed by atoms with Crippen LogP contribution >= 0.6 is 0 Å². The van der Waals surface area contributed by atoms with Crippen LogP contribution in [-0.4, -0.2) is 44.1 Å². The molecule has 1 aliphatic carbocycles. The number of aromatic nitrogens is 2. The topological polar surface area (TPSA) is 87.5 Å². The molecule has 3 rings (SSSR count). The molecule has 1 fully saturated rings. The summed E-state index contributed by atoms with van der Waals surface area (Å²) in [6.45, 7) is 0.568. The minimum Gasteiger partial charge on any atom is -0.481 e. The van der Waals surface area contributed by atoms with E-state index in [-0.39, 0.29) is 18.6 Å². The predicted molar refractivity (Wildman–Crippen MR) is 74.8 cm³/mol. The maximum absolute atomic E-state index is 12.3. The maximum Gasteiger partial charge on any atom is 0.318 e. The Kier molecular flexibility index (Phi) is 3.57. The van der Waals surface area contributed by atoms with Crippen LogP contribution in [0.4, 0.5) is 4.79 Å². The lowest BCUT2D eigenvalue weighted by Crippen LogP contribution is -2.48. The molecule has 21 heavy (non-hydrogen) atoms. The van der Waals surface area contributed by atoms with Gasteiger partial charge >= 0.3 is 12.0 Å². The van der Waals surface area contributed by atoms with Gasteiger partial charge in [-0.25, -0.2) is 9.78 Å². The highest BCUT2D eigenvalue weighted by Gasteiger charge is 2.36. The van der Waals surface area contributed by atoms with E-state index >= 15 is 0 Å². The van der Waals surface area contributed by atoms with Crippen molar-refractivity contribution in [2.45, 2.75) is 44.2 Å². The van der Waals surface area contributed by atoms with Crippen molar-refractivity contribution < 1.29 is 14.7 Å². The van der Waals surface area contributed by atoms with Crippen LogP contribution in [0, 0.1) is 0 Å². The quantitative estimate of drug-likeness (QED) is 0.853. The number of aryl methyl sites for hydroxylation is 1. The summed E-state index contributed by atoms with van der Waals surface area (Å²) in [5, 5.41) is 12.4. The molecule has 2 amide bonds. The Hall–Kier alpha value is -2.05. The fourth-order valence-corrected chi connectivity index (χ4v) is 3.29. The van der Waals surface area contributed by atoms with Gasteiger partial charge in [0.25, 0.3) is 0 Å². The van der Waals surface area contributed by atoms with Crippen molar-refractivity contribution in [1.82, 2.24) is 19.8 Å². The van der Waals surface area contributed by atoms with E-state index in [9.17, 15) is 14.7 Å². The van der Waals surface area contributed by atoms with E-state index in [0.717, 1.165) is 25.7 Å². The number of hydrogen-bond donors (Lipinski definition) is 2. The van der Waals surface area contributed by atoms with E-state index in [0.29, 0.717) is 17.9 Å². The van der Waals surface area contributed by atoms with Gasteiger partial charge < -0.3 is 19.9 Å². The Morgan fingerprint density at radius 3 is 2.76 bits per heavy atom. The number of carboxylic acid groups (broad SMARTS) is 1. The van der Waals surface area contributed by atoms with Gasteiger partial charge in [-0.15, -0.1) is 0 Å². The molecule has 1 saturated carbocycles. The number of hydrogen-bond acceptors (Lipinski definition) is 3. The predicted octanol–water partition coefficient (Wildman–Crippen LogP) is 1.06. The van der Waals surface area contributed by atoms with Crippen LogP contribution in [0.25, 0.3) is 0 Å². The lowest BCUT2D eigenvalue weighted by molar-refractivity contribution is -0.139. The molecular weight excluding hydrogens is 272 g/mol. The van der Waals surface area contributed by atoms with Gasteiger partial charge in [-0.05, 0) is 12.8 Å².